The van der Waals surface area contributed by atoms with Crippen LogP contribution in [0, 0.1) is 0 Å². The highest BCUT2D eigenvalue weighted by molar-refractivity contribution is 6.00. The molecule has 0 unspecified atom stereocenters. The van der Waals surface area contributed by atoms with Crippen molar-refractivity contribution in [3.05, 3.63) is 59.7 Å². The summed E-state index contributed by atoms with van der Waals surface area (Å²) in [5.41, 5.74) is 4.53. The molecule has 0 saturated carbocycles. The van der Waals surface area contributed by atoms with Gasteiger partial charge in [-0.15, -0.1) is 0 Å². The summed E-state index contributed by atoms with van der Waals surface area (Å²) in [6.45, 7) is 4.57. The van der Waals surface area contributed by atoms with Crippen LogP contribution >= 0.6 is 0 Å². The van der Waals surface area contributed by atoms with Gasteiger partial charge in [-0.1, -0.05) is 6.92 Å². The van der Waals surface area contributed by atoms with E-state index in [0.717, 1.165) is 17.7 Å². The van der Waals surface area contributed by atoms with E-state index >= 15 is 0 Å². The third-order valence-electron chi connectivity index (χ3n) is 3.20. The quantitative estimate of drug-likeness (QED) is 0.635. The Hall–Kier alpha value is -2.82. The normalized spacial score (nSPS) is 11.1. The average Bonchev–Trinajstić information content (AvgIpc) is 2.58. The largest absolute Gasteiger partial charge is 0.508 e. The van der Waals surface area contributed by atoms with Gasteiger partial charge in [0.1, 0.15) is 11.5 Å². The van der Waals surface area contributed by atoms with Crippen molar-refractivity contribution in [2.45, 2.75) is 20.3 Å². The highest BCUT2D eigenvalue weighted by atomic mass is 16.5. The van der Waals surface area contributed by atoms with E-state index in [9.17, 15) is 9.90 Å². The van der Waals surface area contributed by atoms with Crippen LogP contribution in [-0.4, -0.2) is 23.3 Å². The second-order valence-electron chi connectivity index (χ2n) is 5.06. The molecule has 5 nitrogen and oxygen atoms in total. The third-order valence-corrected chi connectivity index (χ3v) is 3.20. The van der Waals surface area contributed by atoms with E-state index < -0.39 is 0 Å². The molecule has 0 heterocycles. The van der Waals surface area contributed by atoms with Crippen LogP contribution in [0.25, 0.3) is 0 Å². The number of rotatable bonds is 6. The fourth-order valence-corrected chi connectivity index (χ4v) is 1.89. The molecule has 120 valence electrons. The predicted molar refractivity (Wildman–Crippen MR) is 90.0 cm³/mol. The SMILES string of the molecule is CCCOc1ccc(/C(C)=N\NC(=O)c2ccc(O)cc2)cc1. The summed E-state index contributed by atoms with van der Waals surface area (Å²) >= 11 is 0. The van der Waals surface area contributed by atoms with Gasteiger partial charge >= 0.3 is 0 Å². The minimum atomic E-state index is -0.327. The van der Waals surface area contributed by atoms with Gasteiger partial charge in [0.25, 0.3) is 5.91 Å². The zero-order valence-electron chi connectivity index (χ0n) is 13.2. The summed E-state index contributed by atoms with van der Waals surface area (Å²) in [6, 6.07) is 13.6. The number of phenolic OH excluding ortho intramolecular Hbond substituents is 1. The predicted octanol–water partition coefficient (Wildman–Crippen LogP) is 3.34. The zero-order valence-corrected chi connectivity index (χ0v) is 13.2. The molecule has 5 heteroatoms. The molecule has 0 saturated heterocycles. The Kier molecular flexibility index (Phi) is 5.74. The number of benzene rings is 2. The maximum atomic E-state index is 11.9. The van der Waals surface area contributed by atoms with Crippen molar-refractivity contribution in [1.82, 2.24) is 5.43 Å². The first-order valence-electron chi connectivity index (χ1n) is 7.47. The fourth-order valence-electron chi connectivity index (χ4n) is 1.89. The monoisotopic (exact) mass is 312 g/mol. The van der Waals surface area contributed by atoms with Gasteiger partial charge in [-0.05, 0) is 67.4 Å². The highest BCUT2D eigenvalue weighted by Crippen LogP contribution is 2.13. The van der Waals surface area contributed by atoms with E-state index in [2.05, 4.69) is 17.5 Å². The Balaban J connectivity index is 1.99. The van der Waals surface area contributed by atoms with Gasteiger partial charge < -0.3 is 9.84 Å². The van der Waals surface area contributed by atoms with Crippen molar-refractivity contribution >= 4 is 11.6 Å². The summed E-state index contributed by atoms with van der Waals surface area (Å²) in [6.07, 6.45) is 0.964. The van der Waals surface area contributed by atoms with Gasteiger partial charge in [0.2, 0.25) is 0 Å². The van der Waals surface area contributed by atoms with Crippen LogP contribution in [0.5, 0.6) is 11.5 Å². The molecule has 0 aliphatic heterocycles. The van der Waals surface area contributed by atoms with Gasteiger partial charge in [-0.2, -0.15) is 5.10 Å². The third kappa shape index (κ3) is 4.85. The molecule has 0 aliphatic rings. The molecule has 0 atom stereocenters. The van der Waals surface area contributed by atoms with Crippen molar-refractivity contribution in [2.24, 2.45) is 5.10 Å². The van der Waals surface area contributed by atoms with Gasteiger partial charge in [-0.25, -0.2) is 5.43 Å². The number of ether oxygens (including phenoxy) is 1. The van der Waals surface area contributed by atoms with E-state index in [-0.39, 0.29) is 11.7 Å². The molecule has 0 bridgehead atoms. The molecule has 2 aromatic carbocycles. The van der Waals surface area contributed by atoms with Crippen molar-refractivity contribution in [1.29, 1.82) is 0 Å². The lowest BCUT2D eigenvalue weighted by Gasteiger charge is -2.06. The molecular formula is C18H20N2O3. The number of nitrogens with zero attached hydrogens (tertiary/aromatic N) is 1. The number of hydrogen-bond acceptors (Lipinski definition) is 4. The van der Waals surface area contributed by atoms with E-state index in [1.165, 1.54) is 24.3 Å². The summed E-state index contributed by atoms with van der Waals surface area (Å²) in [4.78, 5) is 11.9. The van der Waals surface area contributed by atoms with Crippen LogP contribution in [-0.2, 0) is 0 Å². The molecule has 0 radical (unpaired) electrons. The van der Waals surface area contributed by atoms with Crippen LogP contribution in [0.2, 0.25) is 0 Å². The molecule has 0 fully saturated rings. The Morgan fingerprint density at radius 2 is 1.70 bits per heavy atom. The van der Waals surface area contributed by atoms with Crippen LogP contribution in [0.1, 0.15) is 36.2 Å². The lowest BCUT2D eigenvalue weighted by Crippen LogP contribution is -2.19. The number of amides is 1. The molecule has 0 aromatic heterocycles. The molecule has 1 amide bonds. The molecule has 2 aromatic rings. The highest BCUT2D eigenvalue weighted by Gasteiger charge is 2.05. The number of carbonyl (C=O) groups excluding carboxylic acids is 1. The molecule has 0 spiro atoms. The Morgan fingerprint density at radius 3 is 2.30 bits per heavy atom. The maximum Gasteiger partial charge on any atom is 0.271 e. The Morgan fingerprint density at radius 1 is 1.09 bits per heavy atom. The first-order valence-corrected chi connectivity index (χ1v) is 7.47. The lowest BCUT2D eigenvalue weighted by atomic mass is 10.1. The van der Waals surface area contributed by atoms with Gasteiger partial charge in [-0.3, -0.25) is 4.79 Å². The van der Waals surface area contributed by atoms with E-state index in [1.54, 1.807) is 0 Å². The average molecular weight is 312 g/mol. The summed E-state index contributed by atoms with van der Waals surface area (Å²) in [7, 11) is 0. The minimum Gasteiger partial charge on any atom is -0.508 e. The van der Waals surface area contributed by atoms with Crippen LogP contribution in [0.4, 0.5) is 0 Å². The van der Waals surface area contributed by atoms with Crippen LogP contribution in [0.15, 0.2) is 53.6 Å². The zero-order chi connectivity index (χ0) is 16.7. The van der Waals surface area contributed by atoms with Gasteiger partial charge in [0.05, 0.1) is 12.3 Å². The van der Waals surface area contributed by atoms with Crippen molar-refractivity contribution < 1.29 is 14.6 Å². The number of nitrogens with one attached hydrogen (secondary N) is 1. The second-order valence-corrected chi connectivity index (χ2v) is 5.06. The number of phenols is 1. The van der Waals surface area contributed by atoms with Crippen LogP contribution < -0.4 is 10.2 Å². The second kappa shape index (κ2) is 7.98. The van der Waals surface area contributed by atoms with Crippen molar-refractivity contribution in [2.75, 3.05) is 6.61 Å². The topological polar surface area (TPSA) is 70.9 Å². The first kappa shape index (κ1) is 16.5. The van der Waals surface area contributed by atoms with E-state index in [4.69, 9.17) is 4.74 Å². The van der Waals surface area contributed by atoms with E-state index in [0.29, 0.717) is 17.9 Å². The Bertz CT molecular complexity index is 676. The lowest BCUT2D eigenvalue weighted by molar-refractivity contribution is 0.0955. The number of hydrogen-bond donors (Lipinski definition) is 2. The fraction of sp³-hybridized carbons (Fsp3) is 0.222. The minimum absolute atomic E-state index is 0.117. The maximum absolute atomic E-state index is 11.9. The van der Waals surface area contributed by atoms with Crippen molar-refractivity contribution in [3.63, 3.8) is 0 Å². The summed E-state index contributed by atoms with van der Waals surface area (Å²) in [5.74, 6) is 0.607. The summed E-state index contributed by atoms with van der Waals surface area (Å²) < 4.78 is 5.53. The first-order chi connectivity index (χ1) is 11.1. The number of aromatic hydroxyl groups is 1. The van der Waals surface area contributed by atoms with Crippen molar-refractivity contribution in [3.8, 4) is 11.5 Å². The summed E-state index contributed by atoms with van der Waals surface area (Å²) in [5, 5.41) is 13.3. The molecule has 23 heavy (non-hydrogen) atoms. The van der Waals surface area contributed by atoms with Crippen LogP contribution in [0.3, 0.4) is 0 Å². The molecule has 0 aliphatic carbocycles. The van der Waals surface area contributed by atoms with Gasteiger partial charge in [0.15, 0.2) is 0 Å². The smallest absolute Gasteiger partial charge is 0.271 e. The van der Waals surface area contributed by atoms with E-state index in [1.807, 2.05) is 31.2 Å². The standard InChI is InChI=1S/C18H20N2O3/c1-3-12-23-17-10-6-14(7-11-17)13(2)19-20-18(22)15-4-8-16(21)9-5-15/h4-11,21H,3,12H2,1-2H3,(H,20,22)/b19-13-. The number of hydrazone groups is 1. The number of carbonyl (C=O) groups is 1. The molecule has 2 N–H and O–H groups in total. The molecular weight excluding hydrogens is 292 g/mol. The Labute approximate surface area is 135 Å². The molecule has 2 rings (SSSR count). The van der Waals surface area contributed by atoms with Gasteiger partial charge in [0, 0.05) is 5.56 Å².